The van der Waals surface area contributed by atoms with Crippen molar-refractivity contribution in [1.29, 1.82) is 0 Å². The van der Waals surface area contributed by atoms with E-state index in [1.54, 1.807) is 0 Å². The van der Waals surface area contributed by atoms with Gasteiger partial charge in [-0.2, -0.15) is 0 Å². The van der Waals surface area contributed by atoms with Gasteiger partial charge in [0.05, 0.1) is 5.56 Å². The van der Waals surface area contributed by atoms with Crippen molar-refractivity contribution in [2.75, 3.05) is 0 Å². The SMILES string of the molecule is C=C(Oc1cc(C)c2c3c1[C@H](C)CC[C@H]3[C@H](CCC=C(C)C)C(OC(=O)c1ccccc1)C2)c1ccccc1. The van der Waals surface area contributed by atoms with Gasteiger partial charge in [0.15, 0.2) is 0 Å². The number of allylic oxidation sites excluding steroid dienone is 2. The minimum Gasteiger partial charge on any atom is -0.458 e. The van der Waals surface area contributed by atoms with Crippen LogP contribution in [0.25, 0.3) is 5.76 Å². The van der Waals surface area contributed by atoms with Gasteiger partial charge >= 0.3 is 5.97 Å². The van der Waals surface area contributed by atoms with Crippen molar-refractivity contribution in [2.24, 2.45) is 5.92 Å². The van der Waals surface area contributed by atoms with Gasteiger partial charge in [0.1, 0.15) is 17.6 Å². The van der Waals surface area contributed by atoms with Crippen LogP contribution in [0.1, 0.15) is 96.5 Å². The molecule has 4 atom stereocenters. The van der Waals surface area contributed by atoms with Gasteiger partial charge in [0.2, 0.25) is 0 Å². The van der Waals surface area contributed by atoms with E-state index in [-0.39, 0.29) is 18.0 Å². The molecule has 0 amide bonds. The lowest BCUT2D eigenvalue weighted by Crippen LogP contribution is -2.40. The molecule has 3 nitrogen and oxygen atoms in total. The van der Waals surface area contributed by atoms with Gasteiger partial charge in [-0.05, 0) is 93.2 Å². The zero-order chi connectivity index (χ0) is 27.5. The molecule has 0 spiro atoms. The molecule has 0 saturated carbocycles. The second-order valence-corrected chi connectivity index (χ2v) is 11.5. The third kappa shape index (κ3) is 5.73. The Hall–Kier alpha value is -3.59. The van der Waals surface area contributed by atoms with Gasteiger partial charge < -0.3 is 9.47 Å². The zero-order valence-corrected chi connectivity index (χ0v) is 23.7. The minimum atomic E-state index is -0.225. The van der Waals surface area contributed by atoms with Crippen LogP contribution in [-0.2, 0) is 11.2 Å². The molecule has 1 unspecified atom stereocenters. The number of benzene rings is 3. The third-order valence-corrected chi connectivity index (χ3v) is 8.53. The Balaban J connectivity index is 1.53. The average Bonchev–Trinajstić information content (AvgIpc) is 2.93. The predicted octanol–water partition coefficient (Wildman–Crippen LogP) is 9.17. The maximum absolute atomic E-state index is 13.2. The van der Waals surface area contributed by atoms with Crippen molar-refractivity contribution in [2.45, 2.75) is 77.7 Å². The molecule has 5 rings (SSSR count). The van der Waals surface area contributed by atoms with Gasteiger partial charge in [0, 0.05) is 23.5 Å². The van der Waals surface area contributed by atoms with E-state index in [4.69, 9.17) is 9.47 Å². The fraction of sp³-hybridized carbons (Fsp3) is 0.361. The van der Waals surface area contributed by atoms with Crippen LogP contribution in [0.2, 0.25) is 0 Å². The molecule has 0 bridgehead atoms. The Kier molecular flexibility index (Phi) is 8.07. The van der Waals surface area contributed by atoms with Crippen LogP contribution in [0, 0.1) is 12.8 Å². The highest BCUT2D eigenvalue weighted by Crippen LogP contribution is 2.54. The molecule has 202 valence electrons. The molecule has 0 saturated heterocycles. The highest BCUT2D eigenvalue weighted by molar-refractivity contribution is 5.89. The normalized spacial score (nSPS) is 21.4. The van der Waals surface area contributed by atoms with Crippen molar-refractivity contribution in [3.63, 3.8) is 0 Å². The van der Waals surface area contributed by atoms with E-state index in [0.717, 1.165) is 43.4 Å². The molecule has 39 heavy (non-hydrogen) atoms. The number of hydrogen-bond acceptors (Lipinski definition) is 3. The fourth-order valence-electron chi connectivity index (χ4n) is 6.59. The number of ether oxygens (including phenoxy) is 2. The van der Waals surface area contributed by atoms with E-state index in [2.05, 4.69) is 46.4 Å². The largest absolute Gasteiger partial charge is 0.458 e. The summed E-state index contributed by atoms with van der Waals surface area (Å²) in [5.74, 6) is 2.38. The first-order valence-corrected chi connectivity index (χ1v) is 14.3. The summed E-state index contributed by atoms with van der Waals surface area (Å²) in [6, 6.07) is 21.7. The van der Waals surface area contributed by atoms with Crippen molar-refractivity contribution < 1.29 is 14.3 Å². The number of rotatable bonds is 8. The molecule has 3 heteroatoms. The van der Waals surface area contributed by atoms with Crippen LogP contribution in [0.5, 0.6) is 5.75 Å². The first-order chi connectivity index (χ1) is 18.8. The van der Waals surface area contributed by atoms with Gasteiger partial charge in [0.25, 0.3) is 0 Å². The molecular weight excluding hydrogens is 480 g/mol. The van der Waals surface area contributed by atoms with Gasteiger partial charge in [-0.3, -0.25) is 0 Å². The molecule has 0 aliphatic heterocycles. The van der Waals surface area contributed by atoms with Crippen molar-refractivity contribution >= 4 is 11.7 Å². The maximum atomic E-state index is 13.2. The molecule has 2 aliphatic rings. The van der Waals surface area contributed by atoms with Crippen LogP contribution >= 0.6 is 0 Å². The topological polar surface area (TPSA) is 35.5 Å². The standard InChI is InChI=1S/C36H40O3/c1-23(2)13-12-18-29-30-20-19-24(3)34-33(38-26(5)27-14-8-6-9-15-27)21-25(4)31(35(30)34)22-32(29)39-36(37)28-16-10-7-11-17-28/h6-11,13-17,21,24,29-30,32H,5,12,18-20,22H2,1-4H3/t24-,29+,30+,32?/m1/s1. The first kappa shape index (κ1) is 27.0. The lowest BCUT2D eigenvalue weighted by molar-refractivity contribution is 0.00281. The van der Waals surface area contributed by atoms with E-state index in [9.17, 15) is 4.79 Å². The molecule has 3 aromatic rings. The van der Waals surface area contributed by atoms with Crippen LogP contribution in [0.4, 0.5) is 0 Å². The van der Waals surface area contributed by atoms with Crippen molar-refractivity contribution in [1.82, 2.24) is 0 Å². The number of hydrogen-bond donors (Lipinski definition) is 0. The Morgan fingerprint density at radius 1 is 0.974 bits per heavy atom. The van der Waals surface area contributed by atoms with Crippen LogP contribution < -0.4 is 4.74 Å². The molecule has 3 aromatic carbocycles. The molecule has 2 aliphatic carbocycles. The smallest absolute Gasteiger partial charge is 0.338 e. The summed E-state index contributed by atoms with van der Waals surface area (Å²) in [7, 11) is 0. The van der Waals surface area contributed by atoms with Crippen LogP contribution in [-0.4, -0.2) is 12.1 Å². The second-order valence-electron chi connectivity index (χ2n) is 11.5. The minimum absolute atomic E-state index is 0.147. The van der Waals surface area contributed by atoms with Crippen LogP contribution in [0.3, 0.4) is 0 Å². The average molecular weight is 521 g/mol. The number of esters is 1. The van der Waals surface area contributed by atoms with Gasteiger partial charge in [-0.15, -0.1) is 0 Å². The molecule has 0 N–H and O–H groups in total. The van der Waals surface area contributed by atoms with Crippen LogP contribution in [0.15, 0.2) is 85.0 Å². The zero-order valence-electron chi connectivity index (χ0n) is 23.7. The van der Waals surface area contributed by atoms with Gasteiger partial charge in [-0.25, -0.2) is 4.79 Å². The van der Waals surface area contributed by atoms with E-state index in [1.807, 2.05) is 60.7 Å². The highest BCUT2D eigenvalue weighted by Gasteiger charge is 2.44. The Morgan fingerprint density at radius 2 is 1.64 bits per heavy atom. The predicted molar refractivity (Wildman–Crippen MR) is 159 cm³/mol. The molecule has 0 heterocycles. The molecule has 0 aromatic heterocycles. The second kappa shape index (κ2) is 11.7. The molecular formula is C36H40O3. The molecule has 0 fully saturated rings. The quantitative estimate of drug-likeness (QED) is 0.169. The van der Waals surface area contributed by atoms with Crippen molar-refractivity contribution in [3.8, 4) is 5.75 Å². The van der Waals surface area contributed by atoms with E-state index in [1.165, 1.54) is 27.8 Å². The van der Waals surface area contributed by atoms with E-state index < -0.39 is 0 Å². The summed E-state index contributed by atoms with van der Waals surface area (Å²) in [6.07, 6.45) is 7.09. The highest BCUT2D eigenvalue weighted by atomic mass is 16.5. The number of carbonyl (C=O) groups excluding carboxylic acids is 1. The van der Waals surface area contributed by atoms with E-state index in [0.29, 0.717) is 23.2 Å². The number of aryl methyl sites for hydroxylation is 1. The lowest BCUT2D eigenvalue weighted by Gasteiger charge is -2.45. The first-order valence-electron chi connectivity index (χ1n) is 14.3. The van der Waals surface area contributed by atoms with E-state index >= 15 is 0 Å². The Labute approximate surface area is 233 Å². The summed E-state index contributed by atoms with van der Waals surface area (Å²) in [6.45, 7) is 13.0. The molecule has 0 radical (unpaired) electrons. The summed E-state index contributed by atoms with van der Waals surface area (Å²) in [4.78, 5) is 13.2. The summed E-state index contributed by atoms with van der Waals surface area (Å²) in [5, 5.41) is 0. The maximum Gasteiger partial charge on any atom is 0.338 e. The van der Waals surface area contributed by atoms with Crippen molar-refractivity contribution in [3.05, 3.63) is 118 Å². The monoisotopic (exact) mass is 520 g/mol. The van der Waals surface area contributed by atoms with Gasteiger partial charge in [-0.1, -0.05) is 73.7 Å². The lowest BCUT2D eigenvalue weighted by atomic mass is 9.62. The summed E-state index contributed by atoms with van der Waals surface area (Å²) >= 11 is 0. The summed E-state index contributed by atoms with van der Waals surface area (Å²) < 4.78 is 12.9. The fourth-order valence-corrected chi connectivity index (χ4v) is 6.59. The number of carbonyl (C=O) groups is 1. The Morgan fingerprint density at radius 3 is 2.31 bits per heavy atom. The summed E-state index contributed by atoms with van der Waals surface area (Å²) in [5.41, 5.74) is 8.24. The third-order valence-electron chi connectivity index (χ3n) is 8.53. The Bertz CT molecular complexity index is 1370.